The van der Waals surface area contributed by atoms with E-state index in [1.807, 2.05) is 5.94 Å². The lowest BCUT2D eigenvalue weighted by Gasteiger charge is -2.29. The van der Waals surface area contributed by atoms with Crippen molar-refractivity contribution in [3.8, 4) is 0 Å². The van der Waals surface area contributed by atoms with Gasteiger partial charge in [0.25, 0.3) is 0 Å². The van der Waals surface area contributed by atoms with Gasteiger partial charge >= 0.3 is 5.97 Å². The molecule has 1 fully saturated rings. The molecule has 1 saturated carbocycles. The van der Waals surface area contributed by atoms with Crippen LogP contribution in [-0.2, 0) is 9.53 Å². The first-order chi connectivity index (χ1) is 9.74. The summed E-state index contributed by atoms with van der Waals surface area (Å²) in [6.07, 6.45) is 4.66. The molecular formula is C15H16N2O3. The van der Waals surface area contributed by atoms with Crippen molar-refractivity contribution >= 4 is 17.6 Å². The fraction of sp³-hybridized carbons (Fsp3) is 0.467. The van der Waals surface area contributed by atoms with Crippen LogP contribution in [0.25, 0.3) is 0 Å². The number of esters is 1. The van der Waals surface area contributed by atoms with E-state index in [1.54, 1.807) is 19.2 Å². The molecule has 1 aromatic heterocycles. The van der Waals surface area contributed by atoms with E-state index in [4.69, 9.17) is 4.74 Å². The number of pyridine rings is 1. The molecule has 2 heterocycles. The summed E-state index contributed by atoms with van der Waals surface area (Å²) in [5.41, 5.74) is 2.67. The number of hydrogen-bond acceptors (Lipinski definition) is 5. The number of anilines is 1. The van der Waals surface area contributed by atoms with Gasteiger partial charge in [-0.25, -0.2) is 9.59 Å². The van der Waals surface area contributed by atoms with Gasteiger partial charge in [0.2, 0.25) is 0 Å². The van der Waals surface area contributed by atoms with Crippen LogP contribution in [0.3, 0.4) is 0 Å². The molecule has 0 bridgehead atoms. The van der Waals surface area contributed by atoms with Crippen molar-refractivity contribution in [1.82, 2.24) is 4.98 Å². The fourth-order valence-corrected chi connectivity index (χ4v) is 3.17. The first kappa shape index (κ1) is 12.9. The Morgan fingerprint density at radius 1 is 1.50 bits per heavy atom. The van der Waals surface area contributed by atoms with Crippen LogP contribution in [-0.4, -0.2) is 23.5 Å². The molecule has 0 aromatic carbocycles. The molecular weight excluding hydrogens is 256 g/mol. The standard InChI is InChI=1S/C15H16N2O3/c1-2-20-15(19)9-6-12-14(16-7-9)11-5-3-4-10(11)13(8-18)17-12/h6-7,10-11,17H,2-5H2,1H3. The summed E-state index contributed by atoms with van der Waals surface area (Å²) in [6.45, 7) is 2.09. The van der Waals surface area contributed by atoms with Crippen molar-refractivity contribution in [2.45, 2.75) is 32.1 Å². The van der Waals surface area contributed by atoms with Crippen molar-refractivity contribution in [3.63, 3.8) is 0 Å². The zero-order valence-corrected chi connectivity index (χ0v) is 11.3. The van der Waals surface area contributed by atoms with Crippen molar-refractivity contribution < 1.29 is 14.3 Å². The van der Waals surface area contributed by atoms with Crippen molar-refractivity contribution in [2.75, 3.05) is 11.9 Å². The molecule has 0 saturated heterocycles. The number of hydrogen-bond donors (Lipinski definition) is 1. The third-order valence-electron chi connectivity index (χ3n) is 4.05. The Balaban J connectivity index is 2.00. The van der Waals surface area contributed by atoms with Gasteiger partial charge in [-0.05, 0) is 25.8 Å². The van der Waals surface area contributed by atoms with Crippen molar-refractivity contribution in [1.29, 1.82) is 0 Å². The number of rotatable bonds is 2. The minimum Gasteiger partial charge on any atom is -0.462 e. The van der Waals surface area contributed by atoms with Crippen LogP contribution in [0.4, 0.5) is 5.69 Å². The Hall–Kier alpha value is -2.13. The predicted molar refractivity (Wildman–Crippen MR) is 73.1 cm³/mol. The van der Waals surface area contributed by atoms with E-state index in [0.29, 0.717) is 17.9 Å². The van der Waals surface area contributed by atoms with Crippen LogP contribution in [0.1, 0.15) is 48.2 Å². The first-order valence-electron chi connectivity index (χ1n) is 6.93. The second kappa shape index (κ2) is 5.10. The molecule has 2 atom stereocenters. The molecule has 1 N–H and O–H groups in total. The molecule has 2 aliphatic rings. The summed E-state index contributed by atoms with van der Waals surface area (Å²) < 4.78 is 4.97. The van der Waals surface area contributed by atoms with E-state index >= 15 is 0 Å². The maximum atomic E-state index is 11.7. The molecule has 0 radical (unpaired) electrons. The predicted octanol–water partition coefficient (Wildman–Crippen LogP) is 2.28. The third-order valence-corrected chi connectivity index (χ3v) is 4.05. The summed E-state index contributed by atoms with van der Waals surface area (Å²) in [6, 6.07) is 1.71. The zero-order valence-electron chi connectivity index (χ0n) is 11.3. The lowest BCUT2D eigenvalue weighted by molar-refractivity contribution is 0.0526. The molecule has 5 heteroatoms. The van der Waals surface area contributed by atoms with E-state index in [-0.39, 0.29) is 11.8 Å². The summed E-state index contributed by atoms with van der Waals surface area (Å²) >= 11 is 0. The number of carbonyl (C=O) groups is 1. The molecule has 1 aliphatic carbocycles. The number of ether oxygens (including phenoxy) is 1. The highest BCUT2D eigenvalue weighted by Crippen LogP contribution is 2.48. The van der Waals surface area contributed by atoms with Crippen LogP contribution in [0, 0.1) is 5.92 Å². The second-order valence-corrected chi connectivity index (χ2v) is 5.16. The van der Waals surface area contributed by atoms with Gasteiger partial charge in [0, 0.05) is 18.0 Å². The van der Waals surface area contributed by atoms with Gasteiger partial charge in [-0.3, -0.25) is 4.98 Å². The monoisotopic (exact) mass is 272 g/mol. The van der Waals surface area contributed by atoms with Crippen molar-refractivity contribution in [3.05, 3.63) is 29.2 Å². The molecule has 104 valence electrons. The normalized spacial score (nSPS) is 23.4. The molecule has 1 aromatic rings. The molecule has 5 nitrogen and oxygen atoms in total. The SMILES string of the molecule is CCOC(=O)c1cnc2c(c1)NC(=C=O)C1CCCC21. The first-order valence-corrected chi connectivity index (χ1v) is 6.93. The third kappa shape index (κ3) is 2.00. The second-order valence-electron chi connectivity index (χ2n) is 5.16. The largest absolute Gasteiger partial charge is 0.462 e. The fourth-order valence-electron chi connectivity index (χ4n) is 3.17. The van der Waals surface area contributed by atoms with Crippen molar-refractivity contribution in [2.24, 2.45) is 5.92 Å². The van der Waals surface area contributed by atoms with Crippen LogP contribution >= 0.6 is 0 Å². The summed E-state index contributed by atoms with van der Waals surface area (Å²) in [4.78, 5) is 27.3. The Labute approximate surface area is 117 Å². The van der Waals surface area contributed by atoms with Crippen LogP contribution in [0.2, 0.25) is 0 Å². The van der Waals surface area contributed by atoms with Crippen LogP contribution in [0.15, 0.2) is 18.0 Å². The number of nitrogens with zero attached hydrogens (tertiary/aromatic N) is 1. The van der Waals surface area contributed by atoms with E-state index < -0.39 is 5.97 Å². The summed E-state index contributed by atoms with van der Waals surface area (Å²) in [5, 5.41) is 3.08. The van der Waals surface area contributed by atoms with Gasteiger partial charge in [0.1, 0.15) is 11.6 Å². The molecule has 0 amide bonds. The lowest BCUT2D eigenvalue weighted by atomic mass is 9.85. The van der Waals surface area contributed by atoms with Gasteiger partial charge in [-0.1, -0.05) is 6.42 Å². The number of fused-ring (bicyclic) bond motifs is 3. The highest BCUT2D eigenvalue weighted by Gasteiger charge is 2.38. The molecule has 3 rings (SSSR count). The van der Waals surface area contributed by atoms with Crippen LogP contribution in [0.5, 0.6) is 0 Å². The number of nitrogens with one attached hydrogen (secondary N) is 1. The van der Waals surface area contributed by atoms with Gasteiger partial charge in [-0.2, -0.15) is 0 Å². The Morgan fingerprint density at radius 3 is 3.05 bits per heavy atom. The molecule has 2 unspecified atom stereocenters. The highest BCUT2D eigenvalue weighted by molar-refractivity contribution is 5.90. The number of aromatic nitrogens is 1. The Bertz CT molecular complexity index is 605. The number of carbonyl (C=O) groups excluding carboxylic acids is 2. The van der Waals surface area contributed by atoms with Crippen LogP contribution < -0.4 is 5.32 Å². The summed E-state index contributed by atoms with van der Waals surface area (Å²) in [5.74, 6) is 2.07. The highest BCUT2D eigenvalue weighted by atomic mass is 16.5. The average molecular weight is 272 g/mol. The minimum absolute atomic E-state index is 0.195. The minimum atomic E-state index is -0.394. The van der Waals surface area contributed by atoms with Gasteiger partial charge in [0.05, 0.1) is 23.6 Å². The zero-order chi connectivity index (χ0) is 14.1. The smallest absolute Gasteiger partial charge is 0.339 e. The molecule has 20 heavy (non-hydrogen) atoms. The average Bonchev–Trinajstić information content (AvgIpc) is 2.95. The number of allylic oxidation sites excluding steroid dienone is 1. The Kier molecular flexibility index (Phi) is 3.28. The van der Waals surface area contributed by atoms with Gasteiger partial charge in [-0.15, -0.1) is 0 Å². The van der Waals surface area contributed by atoms with E-state index in [2.05, 4.69) is 10.3 Å². The maximum Gasteiger partial charge on any atom is 0.339 e. The van der Waals surface area contributed by atoms with Gasteiger partial charge in [0.15, 0.2) is 0 Å². The van der Waals surface area contributed by atoms with E-state index in [9.17, 15) is 9.59 Å². The topological polar surface area (TPSA) is 68.3 Å². The summed E-state index contributed by atoms with van der Waals surface area (Å²) in [7, 11) is 0. The molecule has 1 aliphatic heterocycles. The van der Waals surface area contributed by atoms with Gasteiger partial charge < -0.3 is 10.1 Å². The van der Waals surface area contributed by atoms with E-state index in [0.717, 1.165) is 30.6 Å². The lowest BCUT2D eigenvalue weighted by Crippen LogP contribution is -2.24. The molecule has 0 spiro atoms. The Morgan fingerprint density at radius 2 is 2.30 bits per heavy atom. The van der Waals surface area contributed by atoms with E-state index in [1.165, 1.54) is 0 Å². The quantitative estimate of drug-likeness (QED) is 0.660. The maximum absolute atomic E-state index is 11.7.